The molecule has 0 aromatic heterocycles. The van der Waals surface area contributed by atoms with Gasteiger partial charge in [-0.15, -0.1) is 0 Å². The van der Waals surface area contributed by atoms with Crippen molar-refractivity contribution in [3.63, 3.8) is 0 Å². The van der Waals surface area contributed by atoms with Gasteiger partial charge in [0.15, 0.2) is 0 Å². The van der Waals surface area contributed by atoms with E-state index in [-0.39, 0.29) is 18.0 Å². The molecule has 1 heterocycles. The lowest BCUT2D eigenvalue weighted by Crippen LogP contribution is -2.37. The number of hydrogen-bond acceptors (Lipinski definition) is 2. The molecule has 0 bridgehead atoms. The standard InChI is InChI=1S/C23H29N3O2/c1-2-9-21(18-10-4-3-5-11-18)25-23(28)24-16-19-12-6-7-13-20(19)17-26-15-8-14-22(26)27/h3-7,10-13,21H,2,8-9,14-17H2,1H3,(H2,24,25,28)/t21-/m1/s1. The van der Waals surface area contributed by atoms with E-state index in [1.807, 2.05) is 59.5 Å². The molecule has 0 saturated carbocycles. The first kappa shape index (κ1) is 19.9. The lowest BCUT2D eigenvalue weighted by Gasteiger charge is -2.20. The molecule has 1 aliphatic rings. The number of amides is 3. The number of nitrogens with one attached hydrogen (secondary N) is 2. The Morgan fingerprint density at radius 1 is 1.07 bits per heavy atom. The van der Waals surface area contributed by atoms with E-state index in [1.165, 1.54) is 0 Å². The molecule has 1 saturated heterocycles. The summed E-state index contributed by atoms with van der Waals surface area (Å²) in [6.45, 7) is 3.99. The molecule has 28 heavy (non-hydrogen) atoms. The van der Waals surface area contributed by atoms with E-state index in [9.17, 15) is 9.59 Å². The lowest BCUT2D eigenvalue weighted by atomic mass is 10.0. The number of hydrogen-bond donors (Lipinski definition) is 2. The molecule has 2 N–H and O–H groups in total. The summed E-state index contributed by atoms with van der Waals surface area (Å²) in [6, 6.07) is 17.9. The SMILES string of the molecule is CCC[C@@H](NC(=O)NCc1ccccc1CN1CCCC1=O)c1ccccc1. The maximum atomic E-state index is 12.5. The largest absolute Gasteiger partial charge is 0.338 e. The van der Waals surface area contributed by atoms with Gasteiger partial charge in [0.2, 0.25) is 5.91 Å². The highest BCUT2D eigenvalue weighted by molar-refractivity contribution is 5.78. The number of carbonyl (C=O) groups is 2. The van der Waals surface area contributed by atoms with E-state index in [4.69, 9.17) is 0 Å². The first-order chi connectivity index (χ1) is 13.7. The third-order valence-electron chi connectivity index (χ3n) is 5.17. The Morgan fingerprint density at radius 3 is 2.46 bits per heavy atom. The summed E-state index contributed by atoms with van der Waals surface area (Å²) >= 11 is 0. The van der Waals surface area contributed by atoms with Crippen molar-refractivity contribution in [2.45, 2.75) is 51.7 Å². The minimum absolute atomic E-state index is 0.00339. The summed E-state index contributed by atoms with van der Waals surface area (Å²) in [5.74, 6) is 0.214. The zero-order valence-electron chi connectivity index (χ0n) is 16.5. The molecule has 5 heteroatoms. The molecular weight excluding hydrogens is 350 g/mol. The molecule has 1 atom stereocenters. The Labute approximate surface area is 167 Å². The van der Waals surface area contributed by atoms with Crippen molar-refractivity contribution < 1.29 is 9.59 Å². The predicted molar refractivity (Wildman–Crippen MR) is 111 cm³/mol. The predicted octanol–water partition coefficient (Wildman–Crippen LogP) is 4.15. The summed E-state index contributed by atoms with van der Waals surface area (Å²) in [5, 5.41) is 6.07. The fourth-order valence-electron chi connectivity index (χ4n) is 3.64. The van der Waals surface area contributed by atoms with Crippen LogP contribution in [-0.2, 0) is 17.9 Å². The average molecular weight is 380 g/mol. The second kappa shape index (κ2) is 9.93. The molecule has 2 aromatic rings. The number of urea groups is 1. The zero-order valence-corrected chi connectivity index (χ0v) is 16.5. The average Bonchev–Trinajstić information content (AvgIpc) is 3.12. The number of likely N-dealkylation sites (tertiary alicyclic amines) is 1. The molecule has 2 aromatic carbocycles. The third kappa shape index (κ3) is 5.35. The van der Waals surface area contributed by atoms with Gasteiger partial charge in [-0.3, -0.25) is 4.79 Å². The second-order valence-corrected chi connectivity index (χ2v) is 7.27. The van der Waals surface area contributed by atoms with E-state index in [2.05, 4.69) is 17.6 Å². The van der Waals surface area contributed by atoms with Crippen molar-refractivity contribution in [2.24, 2.45) is 0 Å². The van der Waals surface area contributed by atoms with Gasteiger partial charge in [0.25, 0.3) is 0 Å². The topological polar surface area (TPSA) is 61.4 Å². The lowest BCUT2D eigenvalue weighted by molar-refractivity contribution is -0.128. The summed E-state index contributed by atoms with van der Waals surface area (Å²) in [7, 11) is 0. The number of nitrogens with zero attached hydrogens (tertiary/aromatic N) is 1. The molecule has 0 unspecified atom stereocenters. The van der Waals surface area contributed by atoms with Gasteiger partial charge in [0.05, 0.1) is 6.04 Å². The van der Waals surface area contributed by atoms with Crippen LogP contribution in [0.15, 0.2) is 54.6 Å². The van der Waals surface area contributed by atoms with Crippen LogP contribution in [-0.4, -0.2) is 23.4 Å². The van der Waals surface area contributed by atoms with Crippen LogP contribution in [0.5, 0.6) is 0 Å². The van der Waals surface area contributed by atoms with Gasteiger partial charge >= 0.3 is 6.03 Å². The van der Waals surface area contributed by atoms with Crippen molar-refractivity contribution in [2.75, 3.05) is 6.54 Å². The van der Waals surface area contributed by atoms with Crippen molar-refractivity contribution in [1.82, 2.24) is 15.5 Å². The molecule has 0 spiro atoms. The molecule has 5 nitrogen and oxygen atoms in total. The highest BCUT2D eigenvalue weighted by atomic mass is 16.2. The van der Waals surface area contributed by atoms with Gasteiger partial charge in [-0.25, -0.2) is 4.79 Å². The van der Waals surface area contributed by atoms with Crippen LogP contribution < -0.4 is 10.6 Å². The van der Waals surface area contributed by atoms with Crippen LogP contribution in [0.3, 0.4) is 0 Å². The van der Waals surface area contributed by atoms with Gasteiger partial charge in [-0.1, -0.05) is 67.9 Å². The van der Waals surface area contributed by atoms with Crippen molar-refractivity contribution >= 4 is 11.9 Å². The summed E-state index contributed by atoms with van der Waals surface area (Å²) in [5.41, 5.74) is 3.25. The minimum Gasteiger partial charge on any atom is -0.338 e. The third-order valence-corrected chi connectivity index (χ3v) is 5.17. The van der Waals surface area contributed by atoms with Gasteiger partial charge < -0.3 is 15.5 Å². The van der Waals surface area contributed by atoms with Crippen LogP contribution in [0.4, 0.5) is 4.79 Å². The monoisotopic (exact) mass is 379 g/mol. The minimum atomic E-state index is -0.172. The highest BCUT2D eigenvalue weighted by Crippen LogP contribution is 2.19. The number of rotatable bonds is 8. The molecular formula is C23H29N3O2. The molecule has 0 aliphatic carbocycles. The van der Waals surface area contributed by atoms with Crippen LogP contribution in [0, 0.1) is 0 Å². The normalized spacial score (nSPS) is 14.8. The van der Waals surface area contributed by atoms with Crippen molar-refractivity contribution in [3.05, 3.63) is 71.3 Å². The Balaban J connectivity index is 1.59. The van der Waals surface area contributed by atoms with Gasteiger partial charge in [0.1, 0.15) is 0 Å². The summed E-state index contributed by atoms with van der Waals surface area (Å²) in [4.78, 5) is 26.3. The Kier molecular flexibility index (Phi) is 7.06. The second-order valence-electron chi connectivity index (χ2n) is 7.27. The van der Waals surface area contributed by atoms with Crippen molar-refractivity contribution in [1.29, 1.82) is 0 Å². The summed E-state index contributed by atoms with van der Waals surface area (Å²) in [6.07, 6.45) is 3.46. The van der Waals surface area contributed by atoms with Crippen LogP contribution in [0.2, 0.25) is 0 Å². The van der Waals surface area contributed by atoms with E-state index in [0.29, 0.717) is 19.5 Å². The first-order valence-electron chi connectivity index (χ1n) is 10.1. The van der Waals surface area contributed by atoms with E-state index >= 15 is 0 Å². The van der Waals surface area contributed by atoms with E-state index in [1.54, 1.807) is 0 Å². The van der Waals surface area contributed by atoms with Crippen molar-refractivity contribution in [3.8, 4) is 0 Å². The molecule has 3 rings (SSSR count). The maximum Gasteiger partial charge on any atom is 0.315 e. The molecule has 0 radical (unpaired) electrons. The first-order valence-corrected chi connectivity index (χ1v) is 10.1. The van der Waals surface area contributed by atoms with E-state index < -0.39 is 0 Å². The van der Waals surface area contributed by atoms with Crippen LogP contribution in [0.25, 0.3) is 0 Å². The summed E-state index contributed by atoms with van der Waals surface area (Å²) < 4.78 is 0. The maximum absolute atomic E-state index is 12.5. The van der Waals surface area contributed by atoms with Gasteiger partial charge in [-0.05, 0) is 29.5 Å². The molecule has 1 fully saturated rings. The molecule has 1 aliphatic heterocycles. The number of benzene rings is 2. The highest BCUT2D eigenvalue weighted by Gasteiger charge is 2.21. The number of carbonyl (C=O) groups excluding carboxylic acids is 2. The van der Waals surface area contributed by atoms with Crippen LogP contribution in [0.1, 0.15) is 55.3 Å². The van der Waals surface area contributed by atoms with Crippen LogP contribution >= 0.6 is 0 Å². The molecule has 3 amide bonds. The van der Waals surface area contributed by atoms with E-state index in [0.717, 1.165) is 42.5 Å². The smallest absolute Gasteiger partial charge is 0.315 e. The Bertz CT molecular complexity index is 791. The van der Waals surface area contributed by atoms with Gasteiger partial charge in [0, 0.05) is 26.1 Å². The van der Waals surface area contributed by atoms with Gasteiger partial charge in [-0.2, -0.15) is 0 Å². The molecule has 148 valence electrons. The fourth-order valence-corrected chi connectivity index (χ4v) is 3.64. The zero-order chi connectivity index (χ0) is 19.8. The Hall–Kier alpha value is -2.82. The quantitative estimate of drug-likeness (QED) is 0.724. The Morgan fingerprint density at radius 2 is 1.79 bits per heavy atom. The fraction of sp³-hybridized carbons (Fsp3) is 0.391.